The number of carbonyl (C=O) groups excluding carboxylic acids is 1. The van der Waals surface area contributed by atoms with Gasteiger partial charge in [-0.1, -0.05) is 12.1 Å². The Hall–Kier alpha value is -2.28. The highest BCUT2D eigenvalue weighted by molar-refractivity contribution is 6.01. The number of amides is 1. The zero-order valence-electron chi connectivity index (χ0n) is 9.86. The number of nitrogens with zero attached hydrogens (tertiary/aromatic N) is 1. The molecule has 0 bridgehead atoms. The van der Waals surface area contributed by atoms with Crippen molar-refractivity contribution >= 4 is 12.0 Å². The third-order valence-electron chi connectivity index (χ3n) is 2.09. The van der Waals surface area contributed by atoms with Crippen LogP contribution >= 0.6 is 0 Å². The summed E-state index contributed by atoms with van der Waals surface area (Å²) < 4.78 is 5.30. The van der Waals surface area contributed by atoms with E-state index in [9.17, 15) is 4.79 Å². The van der Waals surface area contributed by atoms with Gasteiger partial charge >= 0.3 is 0 Å². The molecular weight excluding hydrogens is 216 g/mol. The lowest BCUT2D eigenvalue weighted by atomic mass is 10.1. The fourth-order valence-corrected chi connectivity index (χ4v) is 1.28. The average molecular weight is 230 g/mol. The Morgan fingerprint density at radius 2 is 2.12 bits per heavy atom. The molecule has 0 aliphatic carbocycles. The van der Waals surface area contributed by atoms with Crippen LogP contribution in [0.3, 0.4) is 0 Å². The summed E-state index contributed by atoms with van der Waals surface area (Å²) in [6.07, 6.45) is 1.54. The van der Waals surface area contributed by atoms with Crippen LogP contribution in [0.15, 0.2) is 29.8 Å². The Morgan fingerprint density at radius 1 is 1.47 bits per heavy atom. The molecule has 1 rings (SSSR count). The normalized spacial score (nSPS) is 10.5. The van der Waals surface area contributed by atoms with Gasteiger partial charge in [0.1, 0.15) is 17.4 Å². The van der Waals surface area contributed by atoms with Crippen LogP contribution in [0, 0.1) is 11.3 Å². The smallest absolute Gasteiger partial charge is 0.261 e. The van der Waals surface area contributed by atoms with Gasteiger partial charge in [0.25, 0.3) is 5.91 Å². The van der Waals surface area contributed by atoms with Crippen molar-refractivity contribution in [3.8, 4) is 11.8 Å². The first-order valence-corrected chi connectivity index (χ1v) is 5.28. The molecule has 1 aromatic carbocycles. The van der Waals surface area contributed by atoms with Crippen LogP contribution in [0.2, 0.25) is 0 Å². The Morgan fingerprint density at radius 3 is 2.59 bits per heavy atom. The van der Waals surface area contributed by atoms with Crippen molar-refractivity contribution in [1.82, 2.24) is 5.32 Å². The molecule has 0 atom stereocenters. The molecular formula is C13H14N2O2. The molecule has 0 spiro atoms. The summed E-state index contributed by atoms with van der Waals surface area (Å²) in [6.45, 7) is 2.52. The van der Waals surface area contributed by atoms with E-state index in [1.807, 2.05) is 13.0 Å². The van der Waals surface area contributed by atoms with Crippen molar-refractivity contribution in [3.63, 3.8) is 0 Å². The summed E-state index contributed by atoms with van der Waals surface area (Å²) in [5.41, 5.74) is 0.866. The number of hydrogen-bond acceptors (Lipinski definition) is 3. The molecule has 4 heteroatoms. The third kappa shape index (κ3) is 3.65. The minimum absolute atomic E-state index is 0.0802. The molecule has 1 aromatic rings. The standard InChI is InChI=1S/C13H14N2O2/c1-3-17-12-6-4-10(5-7-12)8-11(9-14)13(16)15-2/h4-8H,3H2,1-2H3,(H,15,16)/b11-8-. The molecule has 1 amide bonds. The van der Waals surface area contributed by atoms with Crippen LogP contribution in [0.5, 0.6) is 5.75 Å². The first kappa shape index (κ1) is 12.8. The largest absolute Gasteiger partial charge is 0.494 e. The summed E-state index contributed by atoms with van der Waals surface area (Å²) in [5, 5.41) is 11.2. The maximum absolute atomic E-state index is 11.3. The monoisotopic (exact) mass is 230 g/mol. The van der Waals surface area contributed by atoms with Crippen molar-refractivity contribution in [2.45, 2.75) is 6.92 Å². The molecule has 0 aliphatic rings. The zero-order valence-corrected chi connectivity index (χ0v) is 9.86. The lowest BCUT2D eigenvalue weighted by molar-refractivity contribution is -0.116. The van der Waals surface area contributed by atoms with Gasteiger partial charge in [0.15, 0.2) is 0 Å². The number of rotatable bonds is 4. The van der Waals surface area contributed by atoms with Gasteiger partial charge in [0.05, 0.1) is 6.61 Å². The van der Waals surface area contributed by atoms with Crippen molar-refractivity contribution in [3.05, 3.63) is 35.4 Å². The predicted octanol–water partition coefficient (Wildman–Crippen LogP) is 1.74. The number of ether oxygens (including phenoxy) is 1. The Kier molecular flexibility index (Phi) is 4.77. The van der Waals surface area contributed by atoms with Gasteiger partial charge in [-0.2, -0.15) is 5.26 Å². The van der Waals surface area contributed by atoms with E-state index in [1.165, 1.54) is 13.1 Å². The van der Waals surface area contributed by atoms with Gasteiger partial charge in [-0.05, 0) is 30.7 Å². The molecule has 0 heterocycles. The fourth-order valence-electron chi connectivity index (χ4n) is 1.28. The second-order valence-corrected chi connectivity index (χ2v) is 3.25. The molecule has 1 N–H and O–H groups in total. The molecule has 0 radical (unpaired) electrons. The summed E-state index contributed by atoms with van der Waals surface area (Å²) >= 11 is 0. The number of likely N-dealkylation sites (N-methyl/N-ethyl adjacent to an activating group) is 1. The zero-order chi connectivity index (χ0) is 12.7. The maximum Gasteiger partial charge on any atom is 0.261 e. The summed E-state index contributed by atoms with van der Waals surface area (Å²) in [5.74, 6) is 0.379. The SMILES string of the molecule is CCOc1ccc(/C=C(/C#N)C(=O)NC)cc1. The first-order valence-electron chi connectivity index (χ1n) is 5.28. The molecule has 4 nitrogen and oxygen atoms in total. The van der Waals surface area contributed by atoms with Gasteiger partial charge in [-0.25, -0.2) is 0 Å². The van der Waals surface area contributed by atoms with E-state index >= 15 is 0 Å². The van der Waals surface area contributed by atoms with Crippen LogP contribution in [-0.2, 0) is 4.79 Å². The highest BCUT2D eigenvalue weighted by atomic mass is 16.5. The average Bonchev–Trinajstić information content (AvgIpc) is 2.37. The number of carbonyl (C=O) groups is 1. The molecule has 0 saturated heterocycles. The summed E-state index contributed by atoms with van der Waals surface area (Å²) in [4.78, 5) is 11.3. The third-order valence-corrected chi connectivity index (χ3v) is 2.09. The highest BCUT2D eigenvalue weighted by Crippen LogP contribution is 2.14. The highest BCUT2D eigenvalue weighted by Gasteiger charge is 2.05. The van der Waals surface area contributed by atoms with Crippen LogP contribution in [0.4, 0.5) is 0 Å². The van der Waals surface area contributed by atoms with Crippen LogP contribution < -0.4 is 10.1 Å². The predicted molar refractivity (Wildman–Crippen MR) is 65.3 cm³/mol. The van der Waals surface area contributed by atoms with E-state index in [0.717, 1.165) is 11.3 Å². The Labute approximate surface area is 101 Å². The van der Waals surface area contributed by atoms with E-state index in [0.29, 0.717) is 6.61 Å². The number of nitriles is 1. The number of nitrogens with one attached hydrogen (secondary N) is 1. The Balaban J connectivity index is 2.90. The summed E-state index contributed by atoms with van der Waals surface area (Å²) in [7, 11) is 1.49. The minimum atomic E-state index is -0.388. The van der Waals surface area contributed by atoms with E-state index < -0.39 is 0 Å². The van der Waals surface area contributed by atoms with Crippen molar-refractivity contribution < 1.29 is 9.53 Å². The molecule has 17 heavy (non-hydrogen) atoms. The lowest BCUT2D eigenvalue weighted by Crippen LogP contribution is -2.19. The fraction of sp³-hybridized carbons (Fsp3) is 0.231. The van der Waals surface area contributed by atoms with Crippen LogP contribution in [0.1, 0.15) is 12.5 Å². The molecule has 0 aromatic heterocycles. The maximum atomic E-state index is 11.3. The van der Waals surface area contributed by atoms with E-state index in [4.69, 9.17) is 10.00 Å². The van der Waals surface area contributed by atoms with E-state index in [2.05, 4.69) is 5.32 Å². The Bertz CT molecular complexity index is 455. The van der Waals surface area contributed by atoms with Crippen molar-refractivity contribution in [2.24, 2.45) is 0 Å². The molecule has 0 fully saturated rings. The van der Waals surface area contributed by atoms with E-state index in [1.54, 1.807) is 24.3 Å². The van der Waals surface area contributed by atoms with Gasteiger partial charge in [0, 0.05) is 7.05 Å². The minimum Gasteiger partial charge on any atom is -0.494 e. The number of hydrogen-bond donors (Lipinski definition) is 1. The van der Waals surface area contributed by atoms with Gasteiger partial charge in [-0.3, -0.25) is 4.79 Å². The molecule has 0 unspecified atom stereocenters. The second kappa shape index (κ2) is 6.33. The van der Waals surface area contributed by atoms with Crippen molar-refractivity contribution in [2.75, 3.05) is 13.7 Å². The molecule has 0 aliphatic heterocycles. The lowest BCUT2D eigenvalue weighted by Gasteiger charge is -2.02. The topological polar surface area (TPSA) is 62.1 Å². The number of benzene rings is 1. The molecule has 88 valence electrons. The van der Waals surface area contributed by atoms with Gasteiger partial charge in [0.2, 0.25) is 0 Å². The first-order chi connectivity index (χ1) is 8.21. The quantitative estimate of drug-likeness (QED) is 0.633. The summed E-state index contributed by atoms with van der Waals surface area (Å²) in [6, 6.07) is 9.05. The van der Waals surface area contributed by atoms with Gasteiger partial charge < -0.3 is 10.1 Å². The van der Waals surface area contributed by atoms with Crippen molar-refractivity contribution in [1.29, 1.82) is 5.26 Å². The van der Waals surface area contributed by atoms with Gasteiger partial charge in [-0.15, -0.1) is 0 Å². The second-order valence-electron chi connectivity index (χ2n) is 3.25. The van der Waals surface area contributed by atoms with Crippen LogP contribution in [-0.4, -0.2) is 19.6 Å². The van der Waals surface area contributed by atoms with E-state index in [-0.39, 0.29) is 11.5 Å². The van der Waals surface area contributed by atoms with Crippen LogP contribution in [0.25, 0.3) is 6.08 Å². The molecule has 0 saturated carbocycles.